The first-order valence-corrected chi connectivity index (χ1v) is 15.0. The average molecular weight is 534 g/mol. The highest BCUT2D eigenvalue weighted by Gasteiger charge is 2.18. The van der Waals surface area contributed by atoms with Gasteiger partial charge in [0.15, 0.2) is 9.84 Å². The number of hydrogen-bond donors (Lipinski definition) is 2. The van der Waals surface area contributed by atoms with Gasteiger partial charge in [0.1, 0.15) is 5.82 Å². The minimum absolute atomic E-state index is 0.455. The first-order valence-electron chi connectivity index (χ1n) is 13.0. The fraction of sp³-hybridized carbons (Fsp3) is 0.393. The molecule has 2 N–H and O–H groups in total. The highest BCUT2D eigenvalue weighted by Crippen LogP contribution is 2.29. The zero-order valence-electron chi connectivity index (χ0n) is 22.3. The van der Waals surface area contributed by atoms with E-state index in [1.165, 1.54) is 38.4 Å². The summed E-state index contributed by atoms with van der Waals surface area (Å²) in [5.74, 6) is 2.11. The van der Waals surface area contributed by atoms with Crippen LogP contribution >= 0.6 is 0 Å². The number of anilines is 5. The van der Waals surface area contributed by atoms with E-state index in [0.29, 0.717) is 12.0 Å². The van der Waals surface area contributed by atoms with Crippen molar-refractivity contribution in [3.05, 3.63) is 60.3 Å². The molecule has 1 aliphatic rings. The van der Waals surface area contributed by atoms with Gasteiger partial charge >= 0.3 is 0 Å². The number of aryl methyl sites for hydroxylation is 1. The van der Waals surface area contributed by atoms with Crippen molar-refractivity contribution in [3.63, 3.8) is 0 Å². The molecule has 0 radical (unpaired) electrons. The van der Waals surface area contributed by atoms with Crippen molar-refractivity contribution in [3.8, 4) is 0 Å². The van der Waals surface area contributed by atoms with Gasteiger partial charge in [-0.05, 0) is 61.7 Å². The van der Waals surface area contributed by atoms with Gasteiger partial charge in [-0.25, -0.2) is 18.4 Å². The van der Waals surface area contributed by atoms with Crippen LogP contribution in [0.5, 0.6) is 0 Å². The fourth-order valence-corrected chi connectivity index (χ4v) is 5.55. The van der Waals surface area contributed by atoms with E-state index in [-0.39, 0.29) is 0 Å². The Morgan fingerprint density at radius 3 is 2.47 bits per heavy atom. The molecule has 0 saturated heterocycles. The molecular formula is C28H35N7O2S. The number of imidazole rings is 1. The molecule has 0 aliphatic heterocycles. The highest BCUT2D eigenvalue weighted by atomic mass is 32.2. The SMILES string of the molecule is CC(c1ccc(Nc2nccc(N(C)c3ccc4c(c3)nc(NC3CCCCC3)n4C)n2)cc1)S(C)(=O)=O. The van der Waals surface area contributed by atoms with Crippen LogP contribution in [0.2, 0.25) is 0 Å². The average Bonchev–Trinajstić information content (AvgIpc) is 3.22. The van der Waals surface area contributed by atoms with Crippen LogP contribution in [0.3, 0.4) is 0 Å². The van der Waals surface area contributed by atoms with Crippen molar-refractivity contribution in [2.45, 2.75) is 50.3 Å². The molecule has 4 aromatic rings. The summed E-state index contributed by atoms with van der Waals surface area (Å²) in [6, 6.07) is 15.9. The second-order valence-electron chi connectivity index (χ2n) is 10.2. The predicted molar refractivity (Wildman–Crippen MR) is 154 cm³/mol. The molecule has 2 aromatic carbocycles. The first kappa shape index (κ1) is 26.0. The predicted octanol–water partition coefficient (Wildman–Crippen LogP) is 5.73. The fourth-order valence-electron chi connectivity index (χ4n) is 4.90. The molecule has 1 fully saturated rings. The molecule has 200 valence electrons. The quantitative estimate of drug-likeness (QED) is 0.296. The van der Waals surface area contributed by atoms with Gasteiger partial charge in [-0.2, -0.15) is 4.98 Å². The molecule has 2 heterocycles. The third-order valence-electron chi connectivity index (χ3n) is 7.45. The van der Waals surface area contributed by atoms with Crippen molar-refractivity contribution >= 4 is 50.0 Å². The Labute approximate surface area is 224 Å². The number of fused-ring (bicyclic) bond motifs is 1. The summed E-state index contributed by atoms with van der Waals surface area (Å²) < 4.78 is 25.8. The minimum atomic E-state index is -3.15. The van der Waals surface area contributed by atoms with Crippen LogP contribution in [0.1, 0.15) is 49.8 Å². The maximum atomic E-state index is 11.8. The lowest BCUT2D eigenvalue weighted by atomic mass is 9.96. The normalized spacial score (nSPS) is 15.4. The van der Waals surface area contributed by atoms with E-state index in [0.717, 1.165) is 39.7 Å². The molecule has 0 amide bonds. The Balaban J connectivity index is 1.32. The molecule has 1 atom stereocenters. The molecule has 2 aromatic heterocycles. The van der Waals surface area contributed by atoms with Gasteiger partial charge in [0.25, 0.3) is 0 Å². The van der Waals surface area contributed by atoms with E-state index in [9.17, 15) is 8.42 Å². The van der Waals surface area contributed by atoms with Gasteiger partial charge in [-0.3, -0.25) is 0 Å². The number of benzene rings is 2. The van der Waals surface area contributed by atoms with E-state index in [1.807, 2.05) is 42.3 Å². The maximum absolute atomic E-state index is 11.8. The molecule has 1 saturated carbocycles. The van der Waals surface area contributed by atoms with E-state index >= 15 is 0 Å². The van der Waals surface area contributed by atoms with Crippen LogP contribution in [0, 0.1) is 0 Å². The highest BCUT2D eigenvalue weighted by molar-refractivity contribution is 7.90. The van der Waals surface area contributed by atoms with Crippen molar-refractivity contribution < 1.29 is 8.42 Å². The van der Waals surface area contributed by atoms with E-state index in [4.69, 9.17) is 9.97 Å². The van der Waals surface area contributed by atoms with Crippen LogP contribution in [-0.4, -0.2) is 47.3 Å². The standard InChI is InChI=1S/C28H35N7O2S/c1-19(38(4,36)37)20-10-12-22(13-11-20)30-27-29-17-16-26(33-27)34(2)23-14-15-25-24(18-23)32-28(35(25)3)31-21-8-6-5-7-9-21/h10-19,21H,5-9H2,1-4H3,(H,31,32)(H,29,30,33). The number of aromatic nitrogens is 4. The van der Waals surface area contributed by atoms with Gasteiger partial charge in [0, 0.05) is 44.0 Å². The van der Waals surface area contributed by atoms with E-state index in [1.54, 1.807) is 13.1 Å². The Morgan fingerprint density at radius 1 is 1.03 bits per heavy atom. The molecule has 1 unspecified atom stereocenters. The lowest BCUT2D eigenvalue weighted by Crippen LogP contribution is -2.23. The summed E-state index contributed by atoms with van der Waals surface area (Å²) >= 11 is 0. The lowest BCUT2D eigenvalue weighted by molar-refractivity contribution is 0.460. The van der Waals surface area contributed by atoms with Gasteiger partial charge in [-0.15, -0.1) is 0 Å². The summed E-state index contributed by atoms with van der Waals surface area (Å²) in [5.41, 5.74) is 4.52. The van der Waals surface area contributed by atoms with Gasteiger partial charge in [0.05, 0.1) is 16.3 Å². The number of nitrogens with one attached hydrogen (secondary N) is 2. The minimum Gasteiger partial charge on any atom is -0.353 e. The molecule has 0 bridgehead atoms. The maximum Gasteiger partial charge on any atom is 0.229 e. The largest absolute Gasteiger partial charge is 0.353 e. The van der Waals surface area contributed by atoms with Crippen molar-refractivity contribution in [2.24, 2.45) is 7.05 Å². The molecule has 10 heteroatoms. The number of rotatable bonds is 8. The van der Waals surface area contributed by atoms with Crippen molar-refractivity contribution in [2.75, 3.05) is 28.8 Å². The summed E-state index contributed by atoms with van der Waals surface area (Å²) in [5, 5.41) is 6.30. The van der Waals surface area contributed by atoms with Crippen LogP contribution in [0.4, 0.5) is 29.1 Å². The molecule has 38 heavy (non-hydrogen) atoms. The van der Waals surface area contributed by atoms with Gasteiger partial charge < -0.3 is 20.1 Å². The topological polar surface area (TPSA) is 105 Å². The Hall–Kier alpha value is -3.66. The van der Waals surface area contributed by atoms with Crippen molar-refractivity contribution in [1.82, 2.24) is 19.5 Å². The Morgan fingerprint density at radius 2 is 1.76 bits per heavy atom. The molecule has 5 rings (SSSR count). The second kappa shape index (κ2) is 10.6. The molecule has 1 aliphatic carbocycles. The Bertz CT molecular complexity index is 1530. The number of nitrogens with zero attached hydrogens (tertiary/aromatic N) is 5. The monoisotopic (exact) mass is 533 g/mol. The van der Waals surface area contributed by atoms with Crippen molar-refractivity contribution in [1.29, 1.82) is 0 Å². The molecule has 9 nitrogen and oxygen atoms in total. The van der Waals surface area contributed by atoms with Crippen LogP contribution in [0.25, 0.3) is 11.0 Å². The zero-order valence-corrected chi connectivity index (χ0v) is 23.2. The van der Waals surface area contributed by atoms with E-state index in [2.05, 4.69) is 45.4 Å². The van der Waals surface area contributed by atoms with Crippen LogP contribution in [0.15, 0.2) is 54.7 Å². The third-order valence-corrected chi connectivity index (χ3v) is 9.01. The number of hydrogen-bond acceptors (Lipinski definition) is 8. The summed E-state index contributed by atoms with van der Waals surface area (Å²) in [6.07, 6.45) is 9.25. The molecule has 0 spiro atoms. The molecular weight excluding hydrogens is 498 g/mol. The lowest BCUT2D eigenvalue weighted by Gasteiger charge is -2.23. The summed E-state index contributed by atoms with van der Waals surface area (Å²) in [6.45, 7) is 1.69. The van der Waals surface area contributed by atoms with Gasteiger partial charge in [-0.1, -0.05) is 31.4 Å². The van der Waals surface area contributed by atoms with Gasteiger partial charge in [0.2, 0.25) is 11.9 Å². The second-order valence-corrected chi connectivity index (χ2v) is 12.5. The third kappa shape index (κ3) is 5.60. The van der Waals surface area contributed by atoms with E-state index < -0.39 is 15.1 Å². The number of sulfone groups is 1. The summed E-state index contributed by atoms with van der Waals surface area (Å²) in [7, 11) is 0.876. The Kier molecular flexibility index (Phi) is 7.25. The smallest absolute Gasteiger partial charge is 0.229 e. The zero-order chi connectivity index (χ0) is 26.9. The van der Waals surface area contributed by atoms with Crippen LogP contribution < -0.4 is 15.5 Å². The summed E-state index contributed by atoms with van der Waals surface area (Å²) in [4.78, 5) is 15.9. The van der Waals surface area contributed by atoms with Crippen LogP contribution in [-0.2, 0) is 16.9 Å². The first-order chi connectivity index (χ1) is 18.2.